The molecule has 0 spiro atoms. The summed E-state index contributed by atoms with van der Waals surface area (Å²) in [6.45, 7) is 6.77. The molecule has 2 saturated carbocycles. The third-order valence-electron chi connectivity index (χ3n) is 6.45. The summed E-state index contributed by atoms with van der Waals surface area (Å²) in [4.78, 5) is 12.2. The summed E-state index contributed by atoms with van der Waals surface area (Å²) in [6, 6.07) is 2.81. The van der Waals surface area contributed by atoms with Gasteiger partial charge < -0.3 is 14.9 Å². The number of ether oxygens (including phenoxy) is 1. The van der Waals surface area contributed by atoms with Crippen LogP contribution in [0.15, 0.2) is 18.2 Å². The van der Waals surface area contributed by atoms with Gasteiger partial charge in [0.1, 0.15) is 6.10 Å². The second kappa shape index (κ2) is 5.69. The minimum absolute atomic E-state index is 0.0290. The normalized spacial score (nSPS) is 30.8. The Morgan fingerprint density at radius 3 is 2.58 bits per heavy atom. The maximum Gasteiger partial charge on any atom is 0.331 e. The highest BCUT2D eigenvalue weighted by Gasteiger charge is 2.62. The fourth-order valence-electron chi connectivity index (χ4n) is 4.35. The molecule has 5 heteroatoms. The third-order valence-corrected chi connectivity index (χ3v) is 6.74. The fraction of sp³-hybridized carbons (Fsp3) is 0.526. The Balaban J connectivity index is 1.69. The number of fused-ring (bicyclic) bond motifs is 2. The van der Waals surface area contributed by atoms with Crippen molar-refractivity contribution < 1.29 is 19.7 Å². The topological polar surface area (TPSA) is 66.8 Å². The first kappa shape index (κ1) is 17.2. The minimum atomic E-state index is -0.395. The number of halogens is 1. The maximum atomic E-state index is 12.2. The molecule has 1 aromatic rings. The van der Waals surface area contributed by atoms with Crippen LogP contribution in [0.1, 0.15) is 45.6 Å². The molecule has 3 atom stereocenters. The minimum Gasteiger partial charge on any atom is -0.504 e. The van der Waals surface area contributed by atoms with E-state index in [1.807, 2.05) is 0 Å². The van der Waals surface area contributed by atoms with Gasteiger partial charge >= 0.3 is 5.97 Å². The summed E-state index contributed by atoms with van der Waals surface area (Å²) in [5.41, 5.74) is 0.742. The van der Waals surface area contributed by atoms with Crippen LogP contribution in [0.2, 0.25) is 5.02 Å². The Bertz CT molecular complexity index is 686. The largest absolute Gasteiger partial charge is 0.504 e. The van der Waals surface area contributed by atoms with Gasteiger partial charge in [0, 0.05) is 11.5 Å². The predicted molar refractivity (Wildman–Crippen MR) is 92.9 cm³/mol. The third kappa shape index (κ3) is 2.57. The molecule has 0 heterocycles. The van der Waals surface area contributed by atoms with Crippen molar-refractivity contribution in [2.75, 3.05) is 0 Å². The molecule has 1 aromatic carbocycles. The quantitative estimate of drug-likeness (QED) is 0.477. The van der Waals surface area contributed by atoms with Crippen LogP contribution in [0, 0.1) is 16.7 Å². The zero-order chi connectivity index (χ0) is 17.7. The summed E-state index contributed by atoms with van der Waals surface area (Å²) < 4.78 is 5.72. The molecular formula is C19H23ClO4. The molecule has 0 amide bonds. The van der Waals surface area contributed by atoms with E-state index < -0.39 is 5.97 Å². The zero-order valence-electron chi connectivity index (χ0n) is 14.2. The van der Waals surface area contributed by atoms with E-state index in [0.29, 0.717) is 11.5 Å². The average molecular weight is 351 g/mol. The second-order valence-electron chi connectivity index (χ2n) is 7.74. The number of carbonyl (C=O) groups excluding carboxylic acids is 1. The molecule has 2 aliphatic rings. The SMILES string of the molecule is CC1(C)C2CCC1(C)C(OC(=O)/C=C/c1cc(O)c(O)c(Cl)c1)C2. The van der Waals surface area contributed by atoms with Crippen LogP contribution in [-0.2, 0) is 9.53 Å². The molecule has 3 unspecified atom stereocenters. The summed E-state index contributed by atoms with van der Waals surface area (Å²) in [6.07, 6.45) is 6.03. The molecule has 24 heavy (non-hydrogen) atoms. The molecule has 0 saturated heterocycles. The Hall–Kier alpha value is -1.68. The Kier molecular flexibility index (Phi) is 4.07. The number of phenolic OH excluding ortho intramolecular Hbond substituents is 2. The Labute approximate surface area is 147 Å². The zero-order valence-corrected chi connectivity index (χ0v) is 14.9. The molecule has 3 rings (SSSR count). The highest BCUT2D eigenvalue weighted by molar-refractivity contribution is 6.32. The lowest BCUT2D eigenvalue weighted by atomic mass is 9.70. The highest BCUT2D eigenvalue weighted by Crippen LogP contribution is 2.66. The lowest BCUT2D eigenvalue weighted by molar-refractivity contribution is -0.150. The van der Waals surface area contributed by atoms with Crippen LogP contribution < -0.4 is 0 Å². The molecule has 0 aliphatic heterocycles. The van der Waals surface area contributed by atoms with Gasteiger partial charge in [0.2, 0.25) is 0 Å². The van der Waals surface area contributed by atoms with Crippen LogP contribution in [0.5, 0.6) is 11.5 Å². The van der Waals surface area contributed by atoms with Crippen molar-refractivity contribution in [2.24, 2.45) is 16.7 Å². The van der Waals surface area contributed by atoms with E-state index in [4.69, 9.17) is 16.3 Å². The van der Waals surface area contributed by atoms with E-state index in [9.17, 15) is 15.0 Å². The number of hydrogen-bond donors (Lipinski definition) is 2. The van der Waals surface area contributed by atoms with Crippen molar-refractivity contribution in [3.8, 4) is 11.5 Å². The molecule has 130 valence electrons. The highest BCUT2D eigenvalue weighted by atomic mass is 35.5. The average Bonchev–Trinajstić information content (AvgIpc) is 2.84. The molecule has 2 N–H and O–H groups in total. The second-order valence-corrected chi connectivity index (χ2v) is 8.15. The number of rotatable bonds is 3. The summed E-state index contributed by atoms with van der Waals surface area (Å²) in [5.74, 6) is -0.475. The van der Waals surface area contributed by atoms with Crippen molar-refractivity contribution in [3.63, 3.8) is 0 Å². The number of hydrogen-bond acceptors (Lipinski definition) is 4. The molecule has 0 radical (unpaired) electrons. The first-order chi connectivity index (χ1) is 11.1. The van der Waals surface area contributed by atoms with Gasteiger partial charge in [-0.3, -0.25) is 0 Å². The molecule has 4 nitrogen and oxygen atoms in total. The van der Waals surface area contributed by atoms with Crippen LogP contribution in [0.4, 0.5) is 0 Å². The monoisotopic (exact) mass is 350 g/mol. The summed E-state index contributed by atoms with van der Waals surface area (Å²) in [5, 5.41) is 19.0. The van der Waals surface area contributed by atoms with Crippen LogP contribution in [0.3, 0.4) is 0 Å². The standard InChI is InChI=1S/C19H23ClO4/c1-18(2)12-6-7-19(18,3)15(10-12)24-16(22)5-4-11-8-13(20)17(23)14(21)9-11/h4-5,8-9,12,15,21,23H,6-7,10H2,1-3H3/b5-4+. The van der Waals surface area contributed by atoms with Gasteiger partial charge in [-0.05, 0) is 54.4 Å². The van der Waals surface area contributed by atoms with Crippen LogP contribution in [0.25, 0.3) is 6.08 Å². The van der Waals surface area contributed by atoms with Crippen LogP contribution in [-0.4, -0.2) is 22.3 Å². The lowest BCUT2D eigenvalue weighted by Crippen LogP contribution is -2.38. The number of carbonyl (C=O) groups is 1. The van der Waals surface area contributed by atoms with Crippen molar-refractivity contribution in [1.82, 2.24) is 0 Å². The number of benzene rings is 1. The van der Waals surface area contributed by atoms with Crippen molar-refractivity contribution in [3.05, 3.63) is 28.8 Å². The smallest absolute Gasteiger partial charge is 0.331 e. The van der Waals surface area contributed by atoms with Crippen molar-refractivity contribution in [2.45, 2.75) is 46.1 Å². The number of esters is 1. The summed E-state index contributed by atoms with van der Waals surface area (Å²) in [7, 11) is 0. The van der Waals surface area contributed by atoms with Gasteiger partial charge in [-0.2, -0.15) is 0 Å². The van der Waals surface area contributed by atoms with E-state index in [-0.39, 0.29) is 33.5 Å². The molecule has 2 fully saturated rings. The molecule has 2 aliphatic carbocycles. The first-order valence-electron chi connectivity index (χ1n) is 8.25. The fourth-order valence-corrected chi connectivity index (χ4v) is 4.58. The van der Waals surface area contributed by atoms with E-state index in [1.165, 1.54) is 30.7 Å². The Morgan fingerprint density at radius 1 is 1.33 bits per heavy atom. The molecule has 2 bridgehead atoms. The maximum absolute atomic E-state index is 12.2. The Morgan fingerprint density at radius 2 is 2.04 bits per heavy atom. The van der Waals surface area contributed by atoms with Crippen molar-refractivity contribution >= 4 is 23.6 Å². The first-order valence-corrected chi connectivity index (χ1v) is 8.63. The lowest BCUT2D eigenvalue weighted by Gasteiger charge is -2.38. The van der Waals surface area contributed by atoms with E-state index in [0.717, 1.165) is 12.8 Å². The number of aromatic hydroxyl groups is 2. The van der Waals surface area contributed by atoms with Crippen molar-refractivity contribution in [1.29, 1.82) is 0 Å². The predicted octanol–water partition coefficient (Wildman–Crippen LogP) is 4.52. The van der Waals surface area contributed by atoms with Gasteiger partial charge in [-0.25, -0.2) is 4.79 Å². The van der Waals surface area contributed by atoms with E-state index in [1.54, 1.807) is 0 Å². The molecule has 0 aromatic heterocycles. The van der Waals surface area contributed by atoms with E-state index in [2.05, 4.69) is 20.8 Å². The summed E-state index contributed by atoms with van der Waals surface area (Å²) >= 11 is 5.80. The van der Waals surface area contributed by atoms with Gasteiger partial charge in [-0.15, -0.1) is 0 Å². The van der Waals surface area contributed by atoms with Gasteiger partial charge in [0.25, 0.3) is 0 Å². The van der Waals surface area contributed by atoms with Crippen LogP contribution >= 0.6 is 11.6 Å². The van der Waals surface area contributed by atoms with Gasteiger partial charge in [0.05, 0.1) is 5.02 Å². The molecular weight excluding hydrogens is 328 g/mol. The van der Waals surface area contributed by atoms with E-state index >= 15 is 0 Å². The number of phenols is 2. The van der Waals surface area contributed by atoms with Gasteiger partial charge in [0.15, 0.2) is 11.5 Å². The van der Waals surface area contributed by atoms with Gasteiger partial charge in [-0.1, -0.05) is 32.4 Å².